The van der Waals surface area contributed by atoms with Gasteiger partial charge in [-0.15, -0.1) is 0 Å². The van der Waals surface area contributed by atoms with Crippen molar-refractivity contribution in [3.63, 3.8) is 0 Å². The summed E-state index contributed by atoms with van der Waals surface area (Å²) in [5.41, 5.74) is 0.444. The number of ether oxygens (including phenoxy) is 1. The zero-order valence-corrected chi connectivity index (χ0v) is 14.4. The predicted octanol–water partition coefficient (Wildman–Crippen LogP) is 2.87. The molecule has 0 saturated carbocycles. The lowest BCUT2D eigenvalue weighted by Gasteiger charge is -2.30. The van der Waals surface area contributed by atoms with E-state index in [0.29, 0.717) is 40.9 Å². The fourth-order valence-corrected chi connectivity index (χ4v) is 3.40. The lowest BCUT2D eigenvalue weighted by molar-refractivity contribution is -0.141. The molecule has 24 heavy (non-hydrogen) atoms. The number of hydrogen-bond donors (Lipinski definition) is 0. The highest BCUT2D eigenvalue weighted by molar-refractivity contribution is 9.10. The van der Waals surface area contributed by atoms with Crippen LogP contribution in [0.15, 0.2) is 21.4 Å². The summed E-state index contributed by atoms with van der Waals surface area (Å²) >= 11 is 3.35. The van der Waals surface area contributed by atoms with Gasteiger partial charge in [-0.1, -0.05) is 0 Å². The molecule has 0 amide bonds. The Labute approximate surface area is 144 Å². The van der Waals surface area contributed by atoms with Gasteiger partial charge in [0.25, 0.3) is 5.56 Å². The second-order valence-corrected chi connectivity index (χ2v) is 6.51. The maximum absolute atomic E-state index is 13.0. The molecule has 1 aromatic heterocycles. The molecular weight excluding hydrogens is 391 g/mol. The minimum Gasteiger partial charge on any atom is -0.378 e. The number of rotatable bonds is 2. The summed E-state index contributed by atoms with van der Waals surface area (Å²) in [6, 6.07) is 3.34. The molecule has 1 saturated heterocycles. The summed E-state index contributed by atoms with van der Waals surface area (Å²) in [5.74, 6) is 0.0256. The van der Waals surface area contributed by atoms with Crippen LogP contribution in [0.25, 0.3) is 10.9 Å². The number of alkyl halides is 3. The highest BCUT2D eigenvalue weighted by Crippen LogP contribution is 2.27. The monoisotopic (exact) mass is 405 g/mol. The maximum atomic E-state index is 13.0. The molecule has 1 aliphatic rings. The second kappa shape index (κ2) is 6.36. The topological polar surface area (TPSA) is 47.4 Å². The number of nitrogens with zero attached hydrogens (tertiary/aromatic N) is 3. The minimum atomic E-state index is -4.51. The van der Waals surface area contributed by atoms with Crippen molar-refractivity contribution in [1.82, 2.24) is 9.55 Å². The smallest absolute Gasteiger partial charge is 0.378 e. The molecule has 0 aliphatic carbocycles. The molecule has 0 atom stereocenters. The number of aromatic nitrogens is 2. The first-order valence-electron chi connectivity index (χ1n) is 7.36. The van der Waals surface area contributed by atoms with E-state index in [4.69, 9.17) is 4.74 Å². The highest BCUT2D eigenvalue weighted by atomic mass is 79.9. The molecule has 0 radical (unpaired) electrons. The molecule has 5 nitrogen and oxygen atoms in total. The van der Waals surface area contributed by atoms with Gasteiger partial charge in [0.05, 0.1) is 24.1 Å². The van der Waals surface area contributed by atoms with E-state index in [0.717, 1.165) is 5.56 Å². The standard InChI is InChI=1S/C15H15BrF3N3O2/c1-9-6-10-12(11(16)7-9)20-14(21-2-4-24-5-3-21)22(13(10)23)8-15(17,18)19/h6-7H,2-5,8H2,1H3. The maximum Gasteiger partial charge on any atom is 0.406 e. The number of hydrogen-bond acceptors (Lipinski definition) is 4. The lowest BCUT2D eigenvalue weighted by atomic mass is 10.1. The number of fused-ring (bicyclic) bond motifs is 1. The van der Waals surface area contributed by atoms with Gasteiger partial charge in [0.1, 0.15) is 6.54 Å². The van der Waals surface area contributed by atoms with Crippen molar-refractivity contribution in [3.05, 3.63) is 32.5 Å². The first-order chi connectivity index (χ1) is 11.3. The Morgan fingerprint density at radius 3 is 2.58 bits per heavy atom. The number of halogens is 4. The fraction of sp³-hybridized carbons (Fsp3) is 0.467. The van der Waals surface area contributed by atoms with Crippen LogP contribution in [0.5, 0.6) is 0 Å². The first-order valence-corrected chi connectivity index (χ1v) is 8.16. The van der Waals surface area contributed by atoms with Gasteiger partial charge in [-0.3, -0.25) is 9.36 Å². The van der Waals surface area contributed by atoms with Crippen molar-refractivity contribution in [1.29, 1.82) is 0 Å². The Kier molecular flexibility index (Phi) is 4.56. The molecular formula is C15H15BrF3N3O2. The van der Waals surface area contributed by atoms with E-state index < -0.39 is 18.3 Å². The normalized spacial score (nSPS) is 16.0. The average Bonchev–Trinajstić information content (AvgIpc) is 2.50. The molecule has 0 spiro atoms. The van der Waals surface area contributed by atoms with Crippen LogP contribution in [-0.2, 0) is 11.3 Å². The summed E-state index contributed by atoms with van der Waals surface area (Å²) in [4.78, 5) is 18.7. The van der Waals surface area contributed by atoms with Gasteiger partial charge in [0.15, 0.2) is 0 Å². The van der Waals surface area contributed by atoms with Crippen molar-refractivity contribution in [2.75, 3.05) is 31.2 Å². The van der Waals surface area contributed by atoms with E-state index in [2.05, 4.69) is 20.9 Å². The summed E-state index contributed by atoms with van der Waals surface area (Å²) < 4.78 is 45.5. The van der Waals surface area contributed by atoms with E-state index in [9.17, 15) is 18.0 Å². The van der Waals surface area contributed by atoms with Crippen LogP contribution >= 0.6 is 15.9 Å². The van der Waals surface area contributed by atoms with Gasteiger partial charge in [-0.25, -0.2) is 4.98 Å². The van der Waals surface area contributed by atoms with Gasteiger partial charge in [0.2, 0.25) is 5.95 Å². The second-order valence-electron chi connectivity index (χ2n) is 5.66. The minimum absolute atomic E-state index is 0.0256. The van der Waals surface area contributed by atoms with E-state index in [-0.39, 0.29) is 11.3 Å². The fourth-order valence-electron chi connectivity index (χ4n) is 2.73. The van der Waals surface area contributed by atoms with Crippen LogP contribution in [0, 0.1) is 6.92 Å². The summed E-state index contributed by atoms with van der Waals surface area (Å²) in [6.07, 6.45) is -4.51. The third kappa shape index (κ3) is 3.41. The third-order valence-corrected chi connectivity index (χ3v) is 4.37. The van der Waals surface area contributed by atoms with Crippen LogP contribution < -0.4 is 10.5 Å². The Balaban J connectivity index is 2.26. The molecule has 0 bridgehead atoms. The van der Waals surface area contributed by atoms with Crippen LogP contribution in [0.4, 0.5) is 19.1 Å². The van der Waals surface area contributed by atoms with E-state index in [1.807, 2.05) is 0 Å². The SMILES string of the molecule is Cc1cc(Br)c2nc(N3CCOCC3)n(CC(F)(F)F)c(=O)c2c1. The number of aryl methyl sites for hydroxylation is 1. The molecule has 1 aromatic carbocycles. The highest BCUT2D eigenvalue weighted by Gasteiger charge is 2.32. The van der Waals surface area contributed by atoms with E-state index in [1.165, 1.54) is 0 Å². The molecule has 9 heteroatoms. The Morgan fingerprint density at radius 1 is 1.29 bits per heavy atom. The van der Waals surface area contributed by atoms with Gasteiger partial charge >= 0.3 is 6.18 Å². The molecule has 2 aromatic rings. The van der Waals surface area contributed by atoms with Gasteiger partial charge in [-0.05, 0) is 40.5 Å². The molecule has 1 fully saturated rings. The van der Waals surface area contributed by atoms with Crippen LogP contribution in [0.2, 0.25) is 0 Å². The Hall–Kier alpha value is -1.61. The molecule has 130 valence electrons. The van der Waals surface area contributed by atoms with Crippen molar-refractivity contribution in [2.45, 2.75) is 19.6 Å². The zero-order chi connectivity index (χ0) is 17.5. The third-order valence-electron chi connectivity index (χ3n) is 3.77. The molecule has 0 unspecified atom stereocenters. The summed E-state index contributed by atoms with van der Waals surface area (Å²) in [6.45, 7) is 1.95. The van der Waals surface area contributed by atoms with E-state index in [1.54, 1.807) is 24.0 Å². The largest absolute Gasteiger partial charge is 0.406 e. The molecule has 0 N–H and O–H groups in total. The van der Waals surface area contributed by atoms with Crippen molar-refractivity contribution >= 4 is 32.8 Å². The number of morpholine rings is 1. The number of benzene rings is 1. The van der Waals surface area contributed by atoms with Crippen molar-refractivity contribution < 1.29 is 17.9 Å². The summed E-state index contributed by atoms with van der Waals surface area (Å²) in [7, 11) is 0. The lowest BCUT2D eigenvalue weighted by Crippen LogP contribution is -2.42. The van der Waals surface area contributed by atoms with Gasteiger partial charge in [-0.2, -0.15) is 13.2 Å². The average molecular weight is 406 g/mol. The number of anilines is 1. The van der Waals surface area contributed by atoms with Crippen LogP contribution in [-0.4, -0.2) is 42.0 Å². The van der Waals surface area contributed by atoms with Crippen LogP contribution in [0.3, 0.4) is 0 Å². The quantitative estimate of drug-likeness (QED) is 0.770. The van der Waals surface area contributed by atoms with Crippen molar-refractivity contribution in [2.24, 2.45) is 0 Å². The molecule has 2 heterocycles. The summed E-state index contributed by atoms with van der Waals surface area (Å²) in [5, 5.41) is 0.170. The molecule has 1 aliphatic heterocycles. The van der Waals surface area contributed by atoms with Crippen molar-refractivity contribution in [3.8, 4) is 0 Å². The molecule has 3 rings (SSSR count). The van der Waals surface area contributed by atoms with Crippen LogP contribution in [0.1, 0.15) is 5.56 Å². The first kappa shape index (κ1) is 17.2. The predicted molar refractivity (Wildman–Crippen MR) is 87.5 cm³/mol. The zero-order valence-electron chi connectivity index (χ0n) is 12.9. The Bertz CT molecular complexity index is 829. The van der Waals surface area contributed by atoms with E-state index >= 15 is 0 Å². The Morgan fingerprint density at radius 2 is 1.96 bits per heavy atom. The van der Waals surface area contributed by atoms with Gasteiger partial charge in [0, 0.05) is 17.6 Å². The van der Waals surface area contributed by atoms with Gasteiger partial charge < -0.3 is 9.64 Å².